The van der Waals surface area contributed by atoms with Gasteiger partial charge in [-0.2, -0.15) is 0 Å². The molecule has 2 unspecified atom stereocenters. The van der Waals surface area contributed by atoms with Gasteiger partial charge in [0.15, 0.2) is 5.96 Å². The van der Waals surface area contributed by atoms with Gasteiger partial charge in [0, 0.05) is 19.1 Å². The van der Waals surface area contributed by atoms with E-state index in [1.54, 1.807) is 0 Å². The summed E-state index contributed by atoms with van der Waals surface area (Å²) in [5.41, 5.74) is 1.49. The predicted octanol–water partition coefficient (Wildman–Crippen LogP) is 3.87. The van der Waals surface area contributed by atoms with Crippen LogP contribution in [0.15, 0.2) is 16.6 Å². The molecule has 2 rings (SSSR count). The normalized spacial score (nSPS) is 25.3. The van der Waals surface area contributed by atoms with Crippen molar-refractivity contribution < 1.29 is 4.74 Å². The molecule has 0 aromatic rings. The summed E-state index contributed by atoms with van der Waals surface area (Å²) in [5, 5.41) is 7.05. The highest BCUT2D eigenvalue weighted by Gasteiger charge is 2.21. The van der Waals surface area contributed by atoms with Gasteiger partial charge in [0.1, 0.15) is 0 Å². The maximum atomic E-state index is 5.35. The Balaban J connectivity index is 0.00000264. The van der Waals surface area contributed by atoms with Gasteiger partial charge in [0.2, 0.25) is 0 Å². The van der Waals surface area contributed by atoms with Crippen molar-refractivity contribution in [2.24, 2.45) is 10.9 Å². The molecule has 4 nitrogen and oxygen atoms in total. The van der Waals surface area contributed by atoms with Crippen LogP contribution in [0, 0.1) is 5.92 Å². The summed E-state index contributed by atoms with van der Waals surface area (Å²) in [5.74, 6) is 1.89. The number of rotatable bonds is 6. The molecule has 1 fully saturated rings. The molecule has 0 saturated heterocycles. The van der Waals surface area contributed by atoms with Crippen LogP contribution in [0.1, 0.15) is 58.8 Å². The Morgan fingerprint density at radius 2 is 2.22 bits per heavy atom. The Morgan fingerprint density at radius 3 is 2.91 bits per heavy atom. The second-order valence-corrected chi connectivity index (χ2v) is 6.48. The third kappa shape index (κ3) is 7.88. The van der Waals surface area contributed by atoms with E-state index in [-0.39, 0.29) is 24.0 Å². The molecule has 1 aliphatic carbocycles. The van der Waals surface area contributed by atoms with E-state index in [4.69, 9.17) is 9.73 Å². The fourth-order valence-electron chi connectivity index (χ4n) is 3.41. The molecule has 0 aromatic heterocycles. The summed E-state index contributed by atoms with van der Waals surface area (Å²) in [7, 11) is 0. The van der Waals surface area contributed by atoms with Crippen molar-refractivity contribution in [1.82, 2.24) is 10.6 Å². The van der Waals surface area contributed by atoms with Crippen LogP contribution in [-0.4, -0.2) is 38.3 Å². The van der Waals surface area contributed by atoms with Gasteiger partial charge in [-0.1, -0.05) is 37.8 Å². The number of hydrogen-bond donors (Lipinski definition) is 2. The third-order valence-corrected chi connectivity index (χ3v) is 4.81. The van der Waals surface area contributed by atoms with Crippen molar-refractivity contribution in [3.05, 3.63) is 11.6 Å². The highest BCUT2D eigenvalue weighted by Crippen LogP contribution is 2.26. The van der Waals surface area contributed by atoms with Gasteiger partial charge in [0.25, 0.3) is 0 Å². The molecule has 2 N–H and O–H groups in total. The lowest BCUT2D eigenvalue weighted by molar-refractivity contribution is 0.153. The average molecular weight is 435 g/mol. The summed E-state index contributed by atoms with van der Waals surface area (Å²) in [4.78, 5) is 4.77. The molecule has 0 aromatic carbocycles. The number of guanidine groups is 1. The molecule has 0 bridgehead atoms. The van der Waals surface area contributed by atoms with Crippen LogP contribution in [-0.2, 0) is 4.74 Å². The minimum absolute atomic E-state index is 0. The fourth-order valence-corrected chi connectivity index (χ4v) is 3.41. The van der Waals surface area contributed by atoms with E-state index in [1.165, 1.54) is 37.7 Å². The standard InChI is InChI=1S/C18H33N3O.HI/c1-3-15-6-5-7-17(14-15)21-18(19-4-2)20-11-8-16-9-12-22-13-10-16;/h9,15,17H,3-8,10-14H2,1-2H3,(H2,19,20,21);1H. The highest BCUT2D eigenvalue weighted by molar-refractivity contribution is 14.0. The van der Waals surface area contributed by atoms with Crippen molar-refractivity contribution in [2.45, 2.75) is 64.8 Å². The smallest absolute Gasteiger partial charge is 0.191 e. The fraction of sp³-hybridized carbons (Fsp3) is 0.833. The molecule has 2 atom stereocenters. The number of ether oxygens (including phenoxy) is 1. The Bertz CT molecular complexity index is 384. The zero-order chi connectivity index (χ0) is 15.6. The van der Waals surface area contributed by atoms with Gasteiger partial charge in [-0.25, -0.2) is 0 Å². The van der Waals surface area contributed by atoms with Crippen LogP contribution < -0.4 is 10.6 Å². The number of halogens is 1. The van der Waals surface area contributed by atoms with E-state index in [0.29, 0.717) is 6.04 Å². The Kier molecular flexibility index (Phi) is 10.9. The van der Waals surface area contributed by atoms with Crippen LogP contribution in [0.25, 0.3) is 0 Å². The van der Waals surface area contributed by atoms with Gasteiger partial charge in [0.05, 0.1) is 13.2 Å². The predicted molar refractivity (Wildman–Crippen MR) is 109 cm³/mol. The van der Waals surface area contributed by atoms with E-state index >= 15 is 0 Å². The lowest BCUT2D eigenvalue weighted by Crippen LogP contribution is -2.45. The summed E-state index contributed by atoms with van der Waals surface area (Å²) in [6.45, 7) is 7.88. The van der Waals surface area contributed by atoms with Crippen molar-refractivity contribution >= 4 is 29.9 Å². The van der Waals surface area contributed by atoms with Crippen molar-refractivity contribution in [3.63, 3.8) is 0 Å². The molecule has 134 valence electrons. The van der Waals surface area contributed by atoms with Crippen molar-refractivity contribution in [3.8, 4) is 0 Å². The summed E-state index contributed by atoms with van der Waals surface area (Å²) in [6, 6.07) is 0.596. The maximum absolute atomic E-state index is 5.35. The summed E-state index contributed by atoms with van der Waals surface area (Å²) >= 11 is 0. The lowest BCUT2D eigenvalue weighted by atomic mass is 9.84. The molecular formula is C18H34IN3O. The van der Waals surface area contributed by atoms with Crippen LogP contribution in [0.2, 0.25) is 0 Å². The molecular weight excluding hydrogens is 401 g/mol. The zero-order valence-electron chi connectivity index (χ0n) is 14.8. The van der Waals surface area contributed by atoms with Gasteiger partial charge < -0.3 is 15.4 Å². The third-order valence-electron chi connectivity index (χ3n) is 4.81. The minimum Gasteiger partial charge on any atom is -0.377 e. The van der Waals surface area contributed by atoms with Crippen LogP contribution >= 0.6 is 24.0 Å². The molecule has 1 aliphatic heterocycles. The van der Waals surface area contributed by atoms with Gasteiger partial charge in [-0.05, 0) is 38.5 Å². The SMILES string of the molecule is CCNC(=NCCC1=CCOCC1)NC1CCCC(CC)C1.I. The van der Waals surface area contributed by atoms with Gasteiger partial charge in [-0.3, -0.25) is 4.99 Å². The maximum Gasteiger partial charge on any atom is 0.191 e. The van der Waals surface area contributed by atoms with E-state index < -0.39 is 0 Å². The first-order valence-corrected chi connectivity index (χ1v) is 9.12. The van der Waals surface area contributed by atoms with Crippen LogP contribution in [0.4, 0.5) is 0 Å². The Hall–Kier alpha value is -0.300. The van der Waals surface area contributed by atoms with Crippen molar-refractivity contribution in [1.29, 1.82) is 0 Å². The van der Waals surface area contributed by atoms with E-state index in [9.17, 15) is 0 Å². The molecule has 1 heterocycles. The van der Waals surface area contributed by atoms with Gasteiger partial charge in [-0.15, -0.1) is 24.0 Å². The first kappa shape index (κ1) is 20.7. The monoisotopic (exact) mass is 435 g/mol. The zero-order valence-corrected chi connectivity index (χ0v) is 17.1. The molecule has 5 heteroatoms. The van der Waals surface area contributed by atoms with Crippen LogP contribution in [0.5, 0.6) is 0 Å². The Labute approximate surface area is 158 Å². The second-order valence-electron chi connectivity index (χ2n) is 6.48. The van der Waals surface area contributed by atoms with E-state index in [1.807, 2.05) is 0 Å². The summed E-state index contributed by atoms with van der Waals surface area (Å²) in [6.07, 6.45) is 11.0. The minimum atomic E-state index is 0. The lowest BCUT2D eigenvalue weighted by Gasteiger charge is -2.30. The molecule has 1 saturated carbocycles. The molecule has 2 aliphatic rings. The average Bonchev–Trinajstić information content (AvgIpc) is 2.56. The summed E-state index contributed by atoms with van der Waals surface area (Å²) < 4.78 is 5.35. The number of aliphatic imine (C=N–C) groups is 1. The van der Waals surface area contributed by atoms with Crippen molar-refractivity contribution in [2.75, 3.05) is 26.3 Å². The highest BCUT2D eigenvalue weighted by atomic mass is 127. The van der Waals surface area contributed by atoms with Crippen LogP contribution in [0.3, 0.4) is 0 Å². The topological polar surface area (TPSA) is 45.7 Å². The first-order valence-electron chi connectivity index (χ1n) is 9.12. The quantitative estimate of drug-likeness (QED) is 0.288. The van der Waals surface area contributed by atoms with E-state index in [2.05, 4.69) is 30.6 Å². The molecule has 23 heavy (non-hydrogen) atoms. The molecule has 0 radical (unpaired) electrons. The second kappa shape index (κ2) is 12.1. The molecule has 0 amide bonds. The largest absolute Gasteiger partial charge is 0.377 e. The number of nitrogens with one attached hydrogen (secondary N) is 2. The van der Waals surface area contributed by atoms with Gasteiger partial charge >= 0.3 is 0 Å². The van der Waals surface area contributed by atoms with E-state index in [0.717, 1.165) is 51.0 Å². The Morgan fingerprint density at radius 1 is 1.35 bits per heavy atom. The number of nitrogens with zero attached hydrogens (tertiary/aromatic N) is 1. The molecule has 0 spiro atoms. The number of hydrogen-bond acceptors (Lipinski definition) is 2. The first-order chi connectivity index (χ1) is 10.8.